The topological polar surface area (TPSA) is 15.3 Å². The largest absolute Gasteiger partial charge is 0.311 e. The van der Waals surface area contributed by atoms with Crippen LogP contribution in [0.4, 0.5) is 0 Å². The fourth-order valence-corrected chi connectivity index (χ4v) is 3.97. The first-order chi connectivity index (χ1) is 9.37. The van der Waals surface area contributed by atoms with Crippen LogP contribution in [-0.2, 0) is 0 Å². The van der Waals surface area contributed by atoms with Crippen LogP contribution >= 0.6 is 0 Å². The van der Waals surface area contributed by atoms with Crippen LogP contribution in [0.3, 0.4) is 0 Å². The third-order valence-electron chi connectivity index (χ3n) is 5.58. The summed E-state index contributed by atoms with van der Waals surface area (Å²) in [5.74, 6) is 1.84. The van der Waals surface area contributed by atoms with Crippen molar-refractivity contribution < 1.29 is 0 Å². The molecule has 4 unspecified atom stereocenters. The maximum Gasteiger partial charge on any atom is 0.0223 e. The van der Waals surface area contributed by atoms with Crippen molar-refractivity contribution in [1.29, 1.82) is 0 Å². The van der Waals surface area contributed by atoms with Gasteiger partial charge in [-0.1, -0.05) is 20.3 Å². The van der Waals surface area contributed by atoms with Crippen LogP contribution in [0.15, 0.2) is 0 Å². The summed E-state index contributed by atoms with van der Waals surface area (Å²) in [5.41, 5.74) is 0.248. The Bertz CT molecular complexity index is 294. The molecule has 0 aromatic carbocycles. The van der Waals surface area contributed by atoms with Crippen molar-refractivity contribution in [1.82, 2.24) is 10.2 Å². The molecule has 0 radical (unpaired) electrons. The predicted octanol–water partition coefficient (Wildman–Crippen LogP) is 4.05. The molecule has 1 aliphatic heterocycles. The first-order valence-corrected chi connectivity index (χ1v) is 8.87. The minimum absolute atomic E-state index is 0.248. The van der Waals surface area contributed by atoms with Crippen molar-refractivity contribution >= 4 is 0 Å². The first kappa shape index (κ1) is 16.3. The van der Waals surface area contributed by atoms with Gasteiger partial charge in [-0.3, -0.25) is 4.90 Å². The molecule has 1 N–H and O–H groups in total. The number of likely N-dealkylation sites (tertiary alicyclic amines) is 1. The van der Waals surface area contributed by atoms with E-state index in [1.165, 1.54) is 51.6 Å². The van der Waals surface area contributed by atoms with E-state index in [-0.39, 0.29) is 5.54 Å². The molecule has 2 aliphatic rings. The summed E-state index contributed by atoms with van der Waals surface area (Å²) in [6.45, 7) is 14.3. The SMILES string of the molecule is CC1CCC(N2CCCCC2CNC(C)(C)C)CC1C. The Balaban J connectivity index is 1.92. The second kappa shape index (κ2) is 6.79. The minimum Gasteiger partial charge on any atom is -0.311 e. The molecule has 1 saturated heterocycles. The fourth-order valence-electron chi connectivity index (χ4n) is 3.97. The van der Waals surface area contributed by atoms with Crippen LogP contribution in [0.25, 0.3) is 0 Å². The number of piperidine rings is 1. The molecule has 2 heteroatoms. The van der Waals surface area contributed by atoms with Crippen LogP contribution in [0, 0.1) is 11.8 Å². The van der Waals surface area contributed by atoms with Crippen molar-refractivity contribution in [2.75, 3.05) is 13.1 Å². The summed E-state index contributed by atoms with van der Waals surface area (Å²) >= 11 is 0. The second-order valence-corrected chi connectivity index (χ2v) is 8.44. The smallest absolute Gasteiger partial charge is 0.0223 e. The summed E-state index contributed by atoms with van der Waals surface area (Å²) in [6, 6.07) is 1.63. The number of rotatable bonds is 3. The molecule has 0 bridgehead atoms. The summed E-state index contributed by atoms with van der Waals surface area (Å²) in [7, 11) is 0. The third-order valence-corrected chi connectivity index (χ3v) is 5.58. The minimum atomic E-state index is 0.248. The lowest BCUT2D eigenvalue weighted by molar-refractivity contribution is 0.0449. The Kier molecular flexibility index (Phi) is 5.53. The van der Waals surface area contributed by atoms with Crippen LogP contribution in [-0.4, -0.2) is 35.6 Å². The lowest BCUT2D eigenvalue weighted by atomic mass is 9.77. The average Bonchev–Trinajstić information content (AvgIpc) is 2.39. The van der Waals surface area contributed by atoms with Gasteiger partial charge in [0.15, 0.2) is 0 Å². The average molecular weight is 280 g/mol. The zero-order valence-corrected chi connectivity index (χ0v) is 14.4. The number of hydrogen-bond donors (Lipinski definition) is 1. The molecule has 2 fully saturated rings. The summed E-state index contributed by atoms with van der Waals surface area (Å²) in [4.78, 5) is 2.87. The van der Waals surface area contributed by atoms with E-state index in [4.69, 9.17) is 0 Å². The van der Waals surface area contributed by atoms with E-state index < -0.39 is 0 Å². The van der Waals surface area contributed by atoms with Gasteiger partial charge in [0, 0.05) is 24.2 Å². The van der Waals surface area contributed by atoms with Gasteiger partial charge in [-0.15, -0.1) is 0 Å². The Hall–Kier alpha value is -0.0800. The van der Waals surface area contributed by atoms with Gasteiger partial charge in [0.25, 0.3) is 0 Å². The van der Waals surface area contributed by atoms with Crippen molar-refractivity contribution in [3.8, 4) is 0 Å². The van der Waals surface area contributed by atoms with E-state index >= 15 is 0 Å². The molecule has 0 spiro atoms. The Morgan fingerprint density at radius 2 is 1.75 bits per heavy atom. The zero-order valence-electron chi connectivity index (χ0n) is 14.4. The van der Waals surface area contributed by atoms with Gasteiger partial charge in [-0.05, 0) is 71.3 Å². The van der Waals surface area contributed by atoms with Gasteiger partial charge in [-0.25, -0.2) is 0 Å². The molecule has 4 atom stereocenters. The van der Waals surface area contributed by atoms with E-state index in [0.717, 1.165) is 23.9 Å². The molecule has 20 heavy (non-hydrogen) atoms. The molecule has 2 nitrogen and oxygen atoms in total. The number of hydrogen-bond acceptors (Lipinski definition) is 2. The first-order valence-electron chi connectivity index (χ1n) is 8.87. The molecule has 118 valence electrons. The van der Waals surface area contributed by atoms with Crippen molar-refractivity contribution in [2.24, 2.45) is 11.8 Å². The van der Waals surface area contributed by atoms with Crippen LogP contribution in [0.1, 0.15) is 73.1 Å². The van der Waals surface area contributed by atoms with Gasteiger partial charge in [0.05, 0.1) is 0 Å². The second-order valence-electron chi connectivity index (χ2n) is 8.44. The Morgan fingerprint density at radius 1 is 1.00 bits per heavy atom. The van der Waals surface area contributed by atoms with Crippen LogP contribution in [0.2, 0.25) is 0 Å². The van der Waals surface area contributed by atoms with Crippen molar-refractivity contribution in [3.05, 3.63) is 0 Å². The molecule has 2 rings (SSSR count). The highest BCUT2D eigenvalue weighted by molar-refractivity contribution is 4.89. The highest BCUT2D eigenvalue weighted by atomic mass is 15.2. The van der Waals surface area contributed by atoms with Gasteiger partial charge >= 0.3 is 0 Å². The quantitative estimate of drug-likeness (QED) is 0.839. The summed E-state index contributed by atoms with van der Waals surface area (Å²) in [5, 5.41) is 3.74. The zero-order chi connectivity index (χ0) is 14.8. The third kappa shape index (κ3) is 4.46. The normalized spacial score (nSPS) is 37.0. The molecular weight excluding hydrogens is 244 g/mol. The van der Waals surface area contributed by atoms with Gasteiger partial charge in [-0.2, -0.15) is 0 Å². The summed E-state index contributed by atoms with van der Waals surface area (Å²) in [6.07, 6.45) is 8.51. The molecule has 0 amide bonds. The highest BCUT2D eigenvalue weighted by Crippen LogP contribution is 2.34. The highest BCUT2D eigenvalue weighted by Gasteiger charge is 2.33. The van der Waals surface area contributed by atoms with Crippen molar-refractivity contribution in [3.63, 3.8) is 0 Å². The number of nitrogens with zero attached hydrogens (tertiary/aromatic N) is 1. The molecule has 1 saturated carbocycles. The maximum atomic E-state index is 3.74. The fraction of sp³-hybridized carbons (Fsp3) is 1.00. The van der Waals surface area contributed by atoms with E-state index in [2.05, 4.69) is 44.8 Å². The van der Waals surface area contributed by atoms with Gasteiger partial charge in [0.2, 0.25) is 0 Å². The monoisotopic (exact) mass is 280 g/mol. The van der Waals surface area contributed by atoms with Crippen LogP contribution in [0.5, 0.6) is 0 Å². The van der Waals surface area contributed by atoms with E-state index in [1.54, 1.807) is 0 Å². The van der Waals surface area contributed by atoms with E-state index in [0.29, 0.717) is 0 Å². The lowest BCUT2D eigenvalue weighted by Gasteiger charge is -2.46. The maximum absolute atomic E-state index is 3.74. The predicted molar refractivity (Wildman–Crippen MR) is 88.1 cm³/mol. The van der Waals surface area contributed by atoms with Crippen molar-refractivity contribution in [2.45, 2.75) is 90.8 Å². The van der Waals surface area contributed by atoms with E-state index in [9.17, 15) is 0 Å². The standard InChI is InChI=1S/C18H36N2/c1-14-9-10-16(12-15(14)2)20-11-7-6-8-17(20)13-19-18(3,4)5/h14-17,19H,6-13H2,1-5H3. The Labute approximate surface area is 126 Å². The number of nitrogens with one attached hydrogen (secondary N) is 1. The Morgan fingerprint density at radius 3 is 2.40 bits per heavy atom. The molecule has 0 aromatic rings. The molecule has 1 heterocycles. The molecule has 0 aromatic heterocycles. The van der Waals surface area contributed by atoms with Crippen LogP contribution < -0.4 is 5.32 Å². The van der Waals surface area contributed by atoms with E-state index in [1.807, 2.05) is 0 Å². The lowest BCUT2D eigenvalue weighted by Crippen LogP contribution is -2.54. The molecular formula is C18H36N2. The van der Waals surface area contributed by atoms with Gasteiger partial charge < -0.3 is 5.32 Å². The summed E-state index contributed by atoms with van der Waals surface area (Å²) < 4.78 is 0. The molecule has 1 aliphatic carbocycles. The van der Waals surface area contributed by atoms with Gasteiger partial charge in [0.1, 0.15) is 0 Å².